The molecule has 0 spiro atoms. The molecule has 3 rings (SSSR count). The van der Waals surface area contributed by atoms with Crippen molar-refractivity contribution in [1.29, 1.82) is 0 Å². The zero-order valence-electron chi connectivity index (χ0n) is 19.9. The fourth-order valence-corrected chi connectivity index (χ4v) is 5.45. The van der Waals surface area contributed by atoms with E-state index in [9.17, 15) is 18.0 Å². The quantitative estimate of drug-likeness (QED) is 0.516. The van der Waals surface area contributed by atoms with Crippen LogP contribution in [0.4, 0.5) is 0 Å². The minimum atomic E-state index is -3.79. The number of methoxy groups -OCH3 is 1. The van der Waals surface area contributed by atoms with Gasteiger partial charge in [-0.05, 0) is 54.5 Å². The van der Waals surface area contributed by atoms with E-state index in [1.807, 2.05) is 12.1 Å². The maximum Gasteiger partial charge on any atom is 0.338 e. The number of carbonyl (C=O) groups is 2. The van der Waals surface area contributed by atoms with E-state index in [2.05, 4.69) is 31.3 Å². The Morgan fingerprint density at radius 1 is 1.06 bits per heavy atom. The number of benzene rings is 2. The van der Waals surface area contributed by atoms with E-state index in [4.69, 9.17) is 9.47 Å². The van der Waals surface area contributed by atoms with Crippen LogP contribution in [-0.4, -0.2) is 58.0 Å². The van der Waals surface area contributed by atoms with Crippen molar-refractivity contribution in [2.75, 3.05) is 33.4 Å². The Hall–Kier alpha value is -2.91. The summed E-state index contributed by atoms with van der Waals surface area (Å²) in [5.41, 5.74) is 2.40. The Balaban J connectivity index is 1.54. The molecule has 34 heavy (non-hydrogen) atoms. The van der Waals surface area contributed by atoms with Gasteiger partial charge in [-0.25, -0.2) is 13.2 Å². The number of carbonyl (C=O) groups excluding carboxylic acids is 2. The fourth-order valence-electron chi connectivity index (χ4n) is 3.75. The van der Waals surface area contributed by atoms with Crippen LogP contribution in [0.25, 0.3) is 0 Å². The van der Waals surface area contributed by atoms with Gasteiger partial charge in [0.1, 0.15) is 10.6 Å². The fraction of sp³-hybridized carbons (Fsp3) is 0.440. The number of ether oxygens (including phenoxy) is 2. The van der Waals surface area contributed by atoms with Crippen LogP contribution in [0.15, 0.2) is 47.4 Å². The van der Waals surface area contributed by atoms with Gasteiger partial charge in [-0.1, -0.05) is 38.1 Å². The molecule has 1 N–H and O–H groups in total. The Morgan fingerprint density at radius 2 is 1.74 bits per heavy atom. The van der Waals surface area contributed by atoms with Crippen LogP contribution in [0.3, 0.4) is 0 Å². The van der Waals surface area contributed by atoms with Crippen LogP contribution in [-0.2, 0) is 26.0 Å². The summed E-state index contributed by atoms with van der Waals surface area (Å²) in [4.78, 5) is 24.5. The molecule has 0 aromatic heterocycles. The van der Waals surface area contributed by atoms with Crippen molar-refractivity contribution in [3.8, 4) is 5.75 Å². The lowest BCUT2D eigenvalue weighted by Gasteiger charge is -2.18. The third-order valence-electron chi connectivity index (χ3n) is 5.80. The first kappa shape index (κ1) is 25.7. The third-order valence-corrected chi connectivity index (χ3v) is 7.72. The third kappa shape index (κ3) is 6.36. The largest absolute Gasteiger partial charge is 0.495 e. The number of nitrogens with one attached hydrogen (secondary N) is 1. The van der Waals surface area contributed by atoms with Crippen molar-refractivity contribution in [2.24, 2.45) is 0 Å². The molecule has 0 aliphatic carbocycles. The maximum absolute atomic E-state index is 13.0. The zero-order valence-corrected chi connectivity index (χ0v) is 20.7. The lowest BCUT2D eigenvalue weighted by molar-refractivity contribution is -0.124. The topological polar surface area (TPSA) is 102 Å². The van der Waals surface area contributed by atoms with Crippen LogP contribution in [0, 0.1) is 0 Å². The first-order valence-corrected chi connectivity index (χ1v) is 12.9. The van der Waals surface area contributed by atoms with E-state index in [0.717, 1.165) is 18.4 Å². The van der Waals surface area contributed by atoms with Crippen LogP contribution in [0.2, 0.25) is 0 Å². The minimum absolute atomic E-state index is 0.0385. The molecule has 0 atom stereocenters. The highest BCUT2D eigenvalue weighted by Gasteiger charge is 2.31. The highest BCUT2D eigenvalue weighted by Crippen LogP contribution is 2.30. The van der Waals surface area contributed by atoms with Crippen molar-refractivity contribution < 1.29 is 27.5 Å². The van der Waals surface area contributed by atoms with Gasteiger partial charge in [0.05, 0.1) is 12.7 Å². The number of amides is 1. The SMILES string of the molecule is COc1ccc(C(=O)OCC(=O)NCCc2ccc(C(C)C)cc2)cc1S(=O)(=O)N1CCCC1. The van der Waals surface area contributed by atoms with Gasteiger partial charge in [0.25, 0.3) is 5.91 Å². The lowest BCUT2D eigenvalue weighted by atomic mass is 10.0. The van der Waals surface area contributed by atoms with E-state index in [-0.39, 0.29) is 16.2 Å². The Labute approximate surface area is 201 Å². The molecule has 1 aliphatic rings. The molecule has 1 saturated heterocycles. The summed E-state index contributed by atoms with van der Waals surface area (Å²) >= 11 is 0. The van der Waals surface area contributed by atoms with Crippen LogP contribution < -0.4 is 10.1 Å². The number of sulfonamides is 1. The van der Waals surface area contributed by atoms with E-state index in [0.29, 0.717) is 32.0 Å². The summed E-state index contributed by atoms with van der Waals surface area (Å²) in [5.74, 6) is -0.585. The van der Waals surface area contributed by atoms with Crippen molar-refractivity contribution in [3.63, 3.8) is 0 Å². The highest BCUT2D eigenvalue weighted by molar-refractivity contribution is 7.89. The summed E-state index contributed by atoms with van der Waals surface area (Å²) in [6.45, 7) is 5.10. The van der Waals surface area contributed by atoms with Crippen molar-refractivity contribution >= 4 is 21.9 Å². The molecule has 184 valence electrons. The molecule has 9 heteroatoms. The molecule has 1 amide bonds. The van der Waals surface area contributed by atoms with E-state index >= 15 is 0 Å². The molecular weight excluding hydrogens is 456 g/mol. The van der Waals surface area contributed by atoms with Gasteiger partial charge < -0.3 is 14.8 Å². The number of nitrogens with zero attached hydrogens (tertiary/aromatic N) is 1. The molecule has 0 radical (unpaired) electrons. The van der Waals surface area contributed by atoms with Crippen molar-refractivity contribution in [1.82, 2.24) is 9.62 Å². The predicted molar refractivity (Wildman–Crippen MR) is 129 cm³/mol. The van der Waals surface area contributed by atoms with Gasteiger partial charge in [-0.2, -0.15) is 4.31 Å². The van der Waals surface area contributed by atoms with Crippen molar-refractivity contribution in [2.45, 2.75) is 43.9 Å². The molecule has 2 aromatic carbocycles. The summed E-state index contributed by atoms with van der Waals surface area (Å²) in [6.07, 6.45) is 2.25. The molecule has 1 aliphatic heterocycles. The average molecular weight is 489 g/mol. The first-order chi connectivity index (χ1) is 16.2. The standard InChI is InChI=1S/C25H32N2O6S/c1-18(2)20-8-6-19(7-9-20)12-13-26-24(28)17-33-25(29)21-10-11-22(32-3)23(16-21)34(30,31)27-14-4-5-15-27/h6-11,16,18H,4-5,12-15,17H2,1-3H3,(H,26,28). The minimum Gasteiger partial charge on any atom is -0.495 e. The monoisotopic (exact) mass is 488 g/mol. The Bertz CT molecular complexity index is 1110. The second-order valence-electron chi connectivity index (χ2n) is 8.55. The zero-order chi connectivity index (χ0) is 24.7. The smallest absolute Gasteiger partial charge is 0.338 e. The van der Waals surface area contributed by atoms with E-state index < -0.39 is 28.5 Å². The van der Waals surface area contributed by atoms with Gasteiger partial charge in [-0.15, -0.1) is 0 Å². The number of rotatable bonds is 10. The molecule has 1 fully saturated rings. The second-order valence-corrected chi connectivity index (χ2v) is 10.5. The number of esters is 1. The first-order valence-electron chi connectivity index (χ1n) is 11.4. The Morgan fingerprint density at radius 3 is 2.35 bits per heavy atom. The van der Waals surface area contributed by atoms with Gasteiger partial charge in [0, 0.05) is 19.6 Å². The normalized spacial score (nSPS) is 14.2. The summed E-state index contributed by atoms with van der Waals surface area (Å²) < 4.78 is 37.6. The lowest BCUT2D eigenvalue weighted by Crippen LogP contribution is -2.30. The van der Waals surface area contributed by atoms with Crippen LogP contribution >= 0.6 is 0 Å². The number of hydrogen-bond donors (Lipinski definition) is 1. The van der Waals surface area contributed by atoms with Gasteiger partial charge >= 0.3 is 5.97 Å². The highest BCUT2D eigenvalue weighted by atomic mass is 32.2. The average Bonchev–Trinajstić information content (AvgIpc) is 3.38. The Kier molecular flexibility index (Phi) is 8.68. The molecule has 0 unspecified atom stereocenters. The summed E-state index contributed by atoms with van der Waals surface area (Å²) in [7, 11) is -2.42. The molecule has 8 nitrogen and oxygen atoms in total. The summed E-state index contributed by atoms with van der Waals surface area (Å²) in [6, 6.07) is 12.3. The molecule has 0 saturated carbocycles. The summed E-state index contributed by atoms with van der Waals surface area (Å²) in [5, 5.41) is 2.73. The van der Waals surface area contributed by atoms with Crippen LogP contribution in [0.5, 0.6) is 5.75 Å². The van der Waals surface area contributed by atoms with Gasteiger partial charge in [0.15, 0.2) is 6.61 Å². The molecule has 1 heterocycles. The molecule has 2 aromatic rings. The molecule has 0 bridgehead atoms. The van der Waals surface area contributed by atoms with Crippen LogP contribution in [0.1, 0.15) is 54.1 Å². The predicted octanol–water partition coefficient (Wildman–Crippen LogP) is 3.12. The van der Waals surface area contributed by atoms with E-state index in [1.165, 1.54) is 35.2 Å². The van der Waals surface area contributed by atoms with E-state index in [1.54, 1.807) is 0 Å². The van der Waals surface area contributed by atoms with Crippen molar-refractivity contribution in [3.05, 3.63) is 59.2 Å². The maximum atomic E-state index is 13.0. The second kappa shape index (κ2) is 11.5. The molecular formula is C25H32N2O6S. The van der Waals surface area contributed by atoms with Gasteiger partial charge in [-0.3, -0.25) is 4.79 Å². The number of hydrogen-bond acceptors (Lipinski definition) is 6. The van der Waals surface area contributed by atoms with Gasteiger partial charge in [0.2, 0.25) is 10.0 Å².